The van der Waals surface area contributed by atoms with Gasteiger partial charge in [0.1, 0.15) is 36.6 Å². The summed E-state index contributed by atoms with van der Waals surface area (Å²) in [5.41, 5.74) is 1.58. The van der Waals surface area contributed by atoms with Crippen LogP contribution in [0.5, 0.6) is 23.0 Å². The Bertz CT molecular complexity index is 1400. The van der Waals surface area contributed by atoms with Gasteiger partial charge in [0.05, 0.1) is 7.11 Å². The Morgan fingerprint density at radius 3 is 1.53 bits per heavy atom. The van der Waals surface area contributed by atoms with Gasteiger partial charge in [0.15, 0.2) is 35.2 Å². The number of phenols is 1. The molecule has 0 spiro atoms. The SMILES string of the molecule is COc1cc(CC(C)C(C)Cc2ccc(OC3OC(C(=O)O)C(O)C(O)C3O)c(OC3OC(C(=O)O)C(O)C(O)C3O)c2)ccc1O. The molecule has 2 aromatic rings. The smallest absolute Gasteiger partial charge is 0.335 e. The van der Waals surface area contributed by atoms with Crippen LogP contribution in [0.3, 0.4) is 0 Å². The van der Waals surface area contributed by atoms with Crippen molar-refractivity contribution in [1.29, 1.82) is 0 Å². The summed E-state index contributed by atoms with van der Waals surface area (Å²) in [6, 6.07) is 9.53. The van der Waals surface area contributed by atoms with Gasteiger partial charge in [0.25, 0.3) is 0 Å². The van der Waals surface area contributed by atoms with Gasteiger partial charge in [-0.05, 0) is 60.1 Å². The number of aliphatic hydroxyl groups excluding tert-OH is 6. The van der Waals surface area contributed by atoms with E-state index in [1.807, 2.05) is 13.8 Å². The summed E-state index contributed by atoms with van der Waals surface area (Å²) in [6.45, 7) is 4.03. The van der Waals surface area contributed by atoms with E-state index in [1.165, 1.54) is 19.2 Å². The van der Waals surface area contributed by atoms with E-state index in [-0.39, 0.29) is 29.1 Å². The number of carbonyl (C=O) groups is 2. The standard InChI is InChI=1S/C31H40O16/c1-12(8-14-4-6-16(32)18(10-14)43-3)13(2)9-15-5-7-17(44-30-24(37)20(33)22(35)26(46-30)28(39)40)19(11-15)45-31-25(38)21(34)23(36)27(47-31)29(41)42/h4-7,10-13,20-27,30-38H,8-9H2,1-3H3,(H,39,40)(H,41,42). The predicted octanol–water partition coefficient (Wildman–Crippen LogP) is -1.000. The number of hydrogen-bond acceptors (Lipinski definition) is 14. The average molecular weight is 669 g/mol. The molecule has 0 bridgehead atoms. The van der Waals surface area contributed by atoms with Crippen LogP contribution in [0.15, 0.2) is 36.4 Å². The van der Waals surface area contributed by atoms with E-state index in [0.717, 1.165) is 5.56 Å². The van der Waals surface area contributed by atoms with E-state index in [1.54, 1.807) is 24.3 Å². The summed E-state index contributed by atoms with van der Waals surface area (Å²) in [5, 5.41) is 90.4. The minimum Gasteiger partial charge on any atom is -0.504 e. The average Bonchev–Trinajstić information content (AvgIpc) is 3.02. The Labute approximate surface area is 268 Å². The maximum absolute atomic E-state index is 11.6. The van der Waals surface area contributed by atoms with E-state index in [2.05, 4.69) is 0 Å². The number of benzene rings is 2. The number of aliphatic carboxylic acids is 2. The van der Waals surface area contributed by atoms with Crippen molar-refractivity contribution in [2.24, 2.45) is 11.8 Å². The molecule has 260 valence electrons. The first kappa shape index (κ1) is 36.1. The Balaban J connectivity index is 1.61. The second-order valence-electron chi connectivity index (χ2n) is 11.9. The van der Waals surface area contributed by atoms with Crippen LogP contribution in [0.25, 0.3) is 0 Å². The van der Waals surface area contributed by atoms with Gasteiger partial charge >= 0.3 is 11.9 Å². The van der Waals surface area contributed by atoms with Crippen molar-refractivity contribution in [3.05, 3.63) is 47.5 Å². The van der Waals surface area contributed by atoms with E-state index in [9.17, 15) is 55.5 Å². The second kappa shape index (κ2) is 15.0. The molecule has 0 aliphatic carbocycles. The van der Waals surface area contributed by atoms with Gasteiger partial charge in [-0.15, -0.1) is 0 Å². The Kier molecular flexibility index (Phi) is 11.5. The van der Waals surface area contributed by atoms with Crippen molar-refractivity contribution in [1.82, 2.24) is 0 Å². The molecule has 9 N–H and O–H groups in total. The molecule has 16 heteroatoms. The first-order valence-electron chi connectivity index (χ1n) is 14.8. The fraction of sp³-hybridized carbons (Fsp3) is 0.548. The summed E-state index contributed by atoms with van der Waals surface area (Å²) in [7, 11) is 1.46. The highest BCUT2D eigenvalue weighted by molar-refractivity contribution is 5.74. The molecule has 2 heterocycles. The molecule has 0 radical (unpaired) electrons. The van der Waals surface area contributed by atoms with Gasteiger partial charge in [-0.3, -0.25) is 0 Å². The number of ether oxygens (including phenoxy) is 5. The summed E-state index contributed by atoms with van der Waals surface area (Å²) in [6.07, 6.45) is -18.3. The number of aliphatic hydroxyl groups is 6. The maximum Gasteiger partial charge on any atom is 0.335 e. The highest BCUT2D eigenvalue weighted by Gasteiger charge is 2.50. The molecular formula is C31H40O16. The number of aromatic hydroxyl groups is 1. The number of phenolic OH excluding ortho intramolecular Hbond substituents is 1. The molecule has 16 nitrogen and oxygen atoms in total. The van der Waals surface area contributed by atoms with Crippen LogP contribution in [0.4, 0.5) is 0 Å². The molecule has 0 amide bonds. The fourth-order valence-corrected chi connectivity index (χ4v) is 5.41. The van der Waals surface area contributed by atoms with Gasteiger partial charge in [-0.25, -0.2) is 9.59 Å². The molecule has 2 aromatic carbocycles. The summed E-state index contributed by atoms with van der Waals surface area (Å²) in [4.78, 5) is 23.2. The summed E-state index contributed by atoms with van der Waals surface area (Å²) in [5.74, 6) is -3.21. The van der Waals surface area contributed by atoms with Crippen molar-refractivity contribution in [3.8, 4) is 23.0 Å². The van der Waals surface area contributed by atoms with E-state index in [4.69, 9.17) is 23.7 Å². The molecule has 12 atom stereocenters. The number of carboxylic acids is 2. The molecular weight excluding hydrogens is 628 g/mol. The molecule has 12 unspecified atom stereocenters. The van der Waals surface area contributed by atoms with Crippen molar-refractivity contribution in [2.45, 2.75) is 88.1 Å². The lowest BCUT2D eigenvalue weighted by atomic mass is 9.85. The van der Waals surface area contributed by atoms with Crippen LogP contribution in [0, 0.1) is 11.8 Å². The zero-order chi connectivity index (χ0) is 34.7. The third-order valence-electron chi connectivity index (χ3n) is 8.45. The largest absolute Gasteiger partial charge is 0.504 e. The van der Waals surface area contributed by atoms with Crippen LogP contribution in [0.2, 0.25) is 0 Å². The normalized spacial score (nSPS) is 32.2. The lowest BCUT2D eigenvalue weighted by Gasteiger charge is -2.40. The van der Waals surface area contributed by atoms with Crippen LogP contribution in [-0.2, 0) is 31.9 Å². The highest BCUT2D eigenvalue weighted by atomic mass is 16.7. The third kappa shape index (κ3) is 8.05. The zero-order valence-corrected chi connectivity index (χ0v) is 25.7. The van der Waals surface area contributed by atoms with E-state index < -0.39 is 73.4 Å². The number of methoxy groups -OCH3 is 1. The van der Waals surface area contributed by atoms with Crippen LogP contribution >= 0.6 is 0 Å². The third-order valence-corrected chi connectivity index (χ3v) is 8.45. The number of hydrogen-bond donors (Lipinski definition) is 9. The maximum atomic E-state index is 11.6. The highest BCUT2D eigenvalue weighted by Crippen LogP contribution is 2.36. The minimum absolute atomic E-state index is 0.0193. The first-order chi connectivity index (χ1) is 22.1. The Morgan fingerprint density at radius 1 is 0.660 bits per heavy atom. The topological polar surface area (TPSA) is 262 Å². The van der Waals surface area contributed by atoms with Crippen molar-refractivity contribution in [2.75, 3.05) is 7.11 Å². The molecule has 4 rings (SSSR count). The monoisotopic (exact) mass is 668 g/mol. The lowest BCUT2D eigenvalue weighted by Crippen LogP contribution is -2.61. The number of rotatable bonds is 12. The molecule has 0 saturated carbocycles. The fourth-order valence-electron chi connectivity index (χ4n) is 5.41. The van der Waals surface area contributed by atoms with Gasteiger partial charge in [-0.1, -0.05) is 26.0 Å². The molecule has 47 heavy (non-hydrogen) atoms. The quantitative estimate of drug-likeness (QED) is 0.131. The molecule has 2 aliphatic rings. The summed E-state index contributed by atoms with van der Waals surface area (Å²) < 4.78 is 27.1. The Hall–Kier alpha value is -3.74. The molecule has 2 fully saturated rings. The van der Waals surface area contributed by atoms with Gasteiger partial charge in [0.2, 0.25) is 12.6 Å². The first-order valence-corrected chi connectivity index (χ1v) is 14.8. The van der Waals surface area contributed by atoms with Gasteiger partial charge in [-0.2, -0.15) is 0 Å². The van der Waals surface area contributed by atoms with Crippen molar-refractivity contribution >= 4 is 11.9 Å². The predicted molar refractivity (Wildman–Crippen MR) is 157 cm³/mol. The van der Waals surface area contributed by atoms with Crippen molar-refractivity contribution in [3.63, 3.8) is 0 Å². The lowest BCUT2D eigenvalue weighted by molar-refractivity contribution is -0.276. The van der Waals surface area contributed by atoms with Crippen LogP contribution in [0.1, 0.15) is 25.0 Å². The number of carboxylic acid groups (broad SMARTS) is 2. The van der Waals surface area contributed by atoms with Gasteiger partial charge < -0.3 is 69.6 Å². The summed E-state index contributed by atoms with van der Waals surface area (Å²) >= 11 is 0. The molecule has 0 aromatic heterocycles. The molecule has 2 aliphatic heterocycles. The second-order valence-corrected chi connectivity index (χ2v) is 11.9. The zero-order valence-electron chi connectivity index (χ0n) is 25.7. The van der Waals surface area contributed by atoms with Crippen LogP contribution in [-0.4, -0.2) is 126 Å². The molecule has 2 saturated heterocycles. The van der Waals surface area contributed by atoms with E-state index in [0.29, 0.717) is 24.2 Å². The van der Waals surface area contributed by atoms with Crippen LogP contribution < -0.4 is 14.2 Å². The van der Waals surface area contributed by atoms with Gasteiger partial charge in [0, 0.05) is 0 Å². The van der Waals surface area contributed by atoms with E-state index >= 15 is 0 Å². The minimum atomic E-state index is -1.98. The van der Waals surface area contributed by atoms with Crippen molar-refractivity contribution < 1.29 is 79.2 Å². The Morgan fingerprint density at radius 2 is 1.09 bits per heavy atom.